The lowest BCUT2D eigenvalue weighted by Gasteiger charge is -2.19. The van der Waals surface area contributed by atoms with Crippen molar-refractivity contribution in [1.82, 2.24) is 10.6 Å². The van der Waals surface area contributed by atoms with E-state index in [1.54, 1.807) is 6.92 Å². The number of hydrogen-bond acceptors (Lipinski definition) is 6. The smallest absolute Gasteiger partial charge is 0.407 e. The second kappa shape index (κ2) is 13.8. The van der Waals surface area contributed by atoms with Gasteiger partial charge in [0.1, 0.15) is 17.8 Å². The van der Waals surface area contributed by atoms with Gasteiger partial charge >= 0.3 is 18.2 Å². The van der Waals surface area contributed by atoms with Gasteiger partial charge in [0, 0.05) is 18.7 Å². The second-order valence-electron chi connectivity index (χ2n) is 10.6. The highest BCUT2D eigenvalue weighted by Gasteiger charge is 2.16. The molecule has 196 valence electrons. The Bertz CT molecular complexity index is 826. The molecule has 0 aliphatic heterocycles. The zero-order valence-electron chi connectivity index (χ0n) is 22.3. The van der Waals surface area contributed by atoms with Crippen molar-refractivity contribution in [3.05, 3.63) is 47.0 Å². The van der Waals surface area contributed by atoms with Gasteiger partial charge in [-0.1, -0.05) is 24.8 Å². The fourth-order valence-corrected chi connectivity index (χ4v) is 3.08. The maximum atomic E-state index is 11.8. The molecule has 0 saturated heterocycles. The molecule has 0 saturated carbocycles. The summed E-state index contributed by atoms with van der Waals surface area (Å²) in [6.07, 6.45) is 2.07. The lowest BCUT2D eigenvalue weighted by Crippen LogP contribution is -2.33. The highest BCUT2D eigenvalue weighted by molar-refractivity contribution is 5.86. The second-order valence-corrected chi connectivity index (χ2v) is 10.6. The summed E-state index contributed by atoms with van der Waals surface area (Å²) in [5, 5.41) is 5.53. The fourth-order valence-electron chi connectivity index (χ4n) is 3.08. The van der Waals surface area contributed by atoms with Gasteiger partial charge in [0.2, 0.25) is 0 Å². The van der Waals surface area contributed by atoms with E-state index in [-0.39, 0.29) is 6.61 Å². The number of carbonyl (C=O) groups is 3. The third kappa shape index (κ3) is 14.8. The van der Waals surface area contributed by atoms with Gasteiger partial charge in [-0.05, 0) is 90.8 Å². The molecule has 1 aromatic rings. The minimum absolute atomic E-state index is 0.152. The van der Waals surface area contributed by atoms with E-state index in [1.807, 2.05) is 53.7 Å². The summed E-state index contributed by atoms with van der Waals surface area (Å²) in [6.45, 7) is 17.3. The van der Waals surface area contributed by atoms with E-state index < -0.39 is 29.4 Å². The van der Waals surface area contributed by atoms with E-state index in [1.165, 1.54) is 0 Å². The molecule has 2 amide bonds. The summed E-state index contributed by atoms with van der Waals surface area (Å²) >= 11 is 0. The van der Waals surface area contributed by atoms with Crippen LogP contribution in [-0.4, -0.2) is 42.4 Å². The lowest BCUT2D eigenvalue weighted by atomic mass is 9.99. The number of carbonyl (C=O) groups excluding carboxylic acids is 3. The number of aryl methyl sites for hydroxylation is 2. The van der Waals surface area contributed by atoms with Crippen molar-refractivity contribution < 1.29 is 28.6 Å². The number of amides is 2. The van der Waals surface area contributed by atoms with Crippen LogP contribution in [0.3, 0.4) is 0 Å². The molecule has 0 unspecified atom stereocenters. The van der Waals surface area contributed by atoms with E-state index in [0.29, 0.717) is 18.7 Å². The van der Waals surface area contributed by atoms with Crippen LogP contribution in [0, 0.1) is 0 Å². The van der Waals surface area contributed by atoms with E-state index >= 15 is 0 Å². The number of hydrogen-bond donors (Lipinski definition) is 2. The molecule has 0 radical (unpaired) electrons. The molecule has 0 spiro atoms. The topological polar surface area (TPSA) is 103 Å². The van der Waals surface area contributed by atoms with Gasteiger partial charge in [0.05, 0.1) is 0 Å². The van der Waals surface area contributed by atoms with E-state index in [0.717, 1.165) is 42.4 Å². The van der Waals surface area contributed by atoms with E-state index in [9.17, 15) is 14.4 Å². The highest BCUT2D eigenvalue weighted by Crippen LogP contribution is 2.16. The normalized spacial score (nSPS) is 11.4. The fraction of sp³-hybridized carbons (Fsp3) is 0.593. The number of ether oxygens (including phenoxy) is 3. The van der Waals surface area contributed by atoms with Crippen LogP contribution in [0.2, 0.25) is 0 Å². The third-order valence-corrected chi connectivity index (χ3v) is 4.45. The first-order valence-corrected chi connectivity index (χ1v) is 12.0. The molecular weight excluding hydrogens is 448 g/mol. The quantitative estimate of drug-likeness (QED) is 0.191. The van der Waals surface area contributed by atoms with E-state index in [2.05, 4.69) is 23.3 Å². The van der Waals surface area contributed by atoms with Gasteiger partial charge in [0.15, 0.2) is 0 Å². The number of alkyl carbamates (subject to hydrolysis) is 2. The van der Waals surface area contributed by atoms with Crippen molar-refractivity contribution in [2.75, 3.05) is 13.1 Å². The summed E-state index contributed by atoms with van der Waals surface area (Å²) in [6, 6.07) is 6.11. The van der Waals surface area contributed by atoms with Gasteiger partial charge in [-0.15, -0.1) is 0 Å². The van der Waals surface area contributed by atoms with Gasteiger partial charge in [-0.3, -0.25) is 0 Å². The van der Waals surface area contributed by atoms with Gasteiger partial charge in [-0.2, -0.15) is 0 Å². The molecule has 35 heavy (non-hydrogen) atoms. The van der Waals surface area contributed by atoms with Crippen LogP contribution in [0.1, 0.15) is 78.0 Å². The molecule has 0 fully saturated rings. The lowest BCUT2D eigenvalue weighted by molar-refractivity contribution is -0.140. The molecule has 0 bridgehead atoms. The molecule has 1 aromatic carbocycles. The van der Waals surface area contributed by atoms with Crippen LogP contribution in [0.25, 0.3) is 0 Å². The Morgan fingerprint density at radius 3 is 1.54 bits per heavy atom. The van der Waals surface area contributed by atoms with Crippen molar-refractivity contribution in [2.24, 2.45) is 0 Å². The molecule has 0 heterocycles. The largest absolute Gasteiger partial charge is 0.457 e. The molecule has 0 aliphatic carbocycles. The van der Waals surface area contributed by atoms with Crippen LogP contribution < -0.4 is 10.6 Å². The standard InChI is InChI=1S/C27H42N2O6/c1-19(2)23(30)33-18-22-16-20(11-9-13-28-24(31)34-26(3,4)5)15-21(17-22)12-10-14-29-25(32)35-27(6,7)8/h15-17H,1,9-14,18H2,2-8H3,(H,28,31)(H,29,32). The summed E-state index contributed by atoms with van der Waals surface area (Å²) in [7, 11) is 0. The number of benzene rings is 1. The predicted octanol–water partition coefficient (Wildman–Crippen LogP) is 5.22. The predicted molar refractivity (Wildman–Crippen MR) is 136 cm³/mol. The average molecular weight is 491 g/mol. The summed E-state index contributed by atoms with van der Waals surface area (Å²) in [5.41, 5.74) is 2.32. The maximum absolute atomic E-state index is 11.8. The molecule has 1 rings (SSSR count). The molecule has 0 aromatic heterocycles. The molecule has 2 N–H and O–H groups in total. The van der Waals surface area contributed by atoms with Crippen LogP contribution in [0.5, 0.6) is 0 Å². The Morgan fingerprint density at radius 2 is 1.17 bits per heavy atom. The molecule has 8 nitrogen and oxygen atoms in total. The summed E-state index contributed by atoms with van der Waals surface area (Å²) in [4.78, 5) is 35.5. The molecule has 0 atom stereocenters. The monoisotopic (exact) mass is 490 g/mol. The van der Waals surface area contributed by atoms with Crippen molar-refractivity contribution in [2.45, 2.75) is 92.0 Å². The van der Waals surface area contributed by atoms with Gasteiger partial charge in [-0.25, -0.2) is 14.4 Å². The van der Waals surface area contributed by atoms with Crippen LogP contribution in [-0.2, 0) is 38.5 Å². The maximum Gasteiger partial charge on any atom is 0.407 e. The Labute approximate surface area is 209 Å². The first-order chi connectivity index (χ1) is 16.1. The van der Waals surface area contributed by atoms with E-state index in [4.69, 9.17) is 14.2 Å². The van der Waals surface area contributed by atoms with Gasteiger partial charge < -0.3 is 24.8 Å². The van der Waals surface area contributed by atoms with Crippen molar-refractivity contribution in [3.63, 3.8) is 0 Å². The number of rotatable bonds is 11. The number of nitrogens with one attached hydrogen (secondary N) is 2. The first-order valence-electron chi connectivity index (χ1n) is 12.0. The molecule has 8 heteroatoms. The van der Waals surface area contributed by atoms with Gasteiger partial charge in [0.25, 0.3) is 0 Å². The summed E-state index contributed by atoms with van der Waals surface area (Å²) in [5.74, 6) is -0.430. The molecule has 0 aliphatic rings. The third-order valence-electron chi connectivity index (χ3n) is 4.45. The average Bonchev–Trinajstić information content (AvgIpc) is 2.70. The summed E-state index contributed by atoms with van der Waals surface area (Å²) < 4.78 is 15.8. The first kappa shape index (κ1) is 30.0. The highest BCUT2D eigenvalue weighted by atomic mass is 16.6. The Balaban J connectivity index is 2.70. The number of esters is 1. The minimum Gasteiger partial charge on any atom is -0.457 e. The molecular formula is C27H42N2O6. The Hall–Kier alpha value is -3.03. The van der Waals surface area contributed by atoms with Crippen LogP contribution in [0.4, 0.5) is 9.59 Å². The zero-order chi connectivity index (χ0) is 26.6. The van der Waals surface area contributed by atoms with Crippen molar-refractivity contribution in [3.8, 4) is 0 Å². The zero-order valence-corrected chi connectivity index (χ0v) is 22.3. The van der Waals surface area contributed by atoms with Crippen molar-refractivity contribution >= 4 is 18.2 Å². The van der Waals surface area contributed by atoms with Crippen LogP contribution in [0.15, 0.2) is 30.4 Å². The SMILES string of the molecule is C=C(C)C(=O)OCc1cc(CCCNC(=O)OC(C)(C)C)cc(CCCNC(=O)OC(C)(C)C)c1. The minimum atomic E-state index is -0.535. The Morgan fingerprint density at radius 1 is 0.771 bits per heavy atom. The Kier molecular flexibility index (Phi) is 11.8. The van der Waals surface area contributed by atoms with Crippen LogP contribution >= 0.6 is 0 Å². The van der Waals surface area contributed by atoms with Crippen molar-refractivity contribution in [1.29, 1.82) is 0 Å².